The van der Waals surface area contributed by atoms with Crippen molar-refractivity contribution in [2.24, 2.45) is 5.92 Å². The Morgan fingerprint density at radius 1 is 1.40 bits per heavy atom. The van der Waals surface area contributed by atoms with Crippen LogP contribution in [-0.4, -0.2) is 50.8 Å². The zero-order chi connectivity index (χ0) is 15.6. The molecule has 0 saturated carbocycles. The molecule has 5 nitrogen and oxygen atoms in total. The molecule has 0 aromatic carbocycles. The van der Waals surface area contributed by atoms with E-state index in [0.29, 0.717) is 6.42 Å². The van der Waals surface area contributed by atoms with Crippen molar-refractivity contribution < 1.29 is 26.4 Å². The average Bonchev–Trinajstić information content (AvgIpc) is 2.25. The van der Waals surface area contributed by atoms with Crippen molar-refractivity contribution in [1.29, 1.82) is 0 Å². The van der Waals surface area contributed by atoms with Crippen molar-refractivity contribution in [3.05, 3.63) is 0 Å². The topological polar surface area (TPSA) is 66.5 Å². The van der Waals surface area contributed by atoms with Crippen LogP contribution in [0.25, 0.3) is 0 Å². The summed E-state index contributed by atoms with van der Waals surface area (Å²) in [5.74, 6) is -1.97. The highest BCUT2D eigenvalue weighted by Crippen LogP contribution is 2.37. The molecule has 0 aliphatic carbocycles. The van der Waals surface area contributed by atoms with Crippen LogP contribution < -0.4 is 4.72 Å². The molecule has 0 spiro atoms. The summed E-state index contributed by atoms with van der Waals surface area (Å²) in [6, 6.07) is -0.908. The van der Waals surface area contributed by atoms with Gasteiger partial charge in [-0.05, 0) is 19.8 Å². The minimum atomic E-state index is -4.32. The Balaban J connectivity index is 2.59. The van der Waals surface area contributed by atoms with E-state index in [0.717, 1.165) is 6.26 Å². The number of rotatable bonds is 4. The molecule has 1 amide bonds. The highest BCUT2D eigenvalue weighted by molar-refractivity contribution is 7.88. The van der Waals surface area contributed by atoms with Crippen molar-refractivity contribution in [3.63, 3.8) is 0 Å². The van der Waals surface area contributed by atoms with E-state index in [1.54, 1.807) is 0 Å². The minimum absolute atomic E-state index is 0.0238. The lowest BCUT2D eigenvalue weighted by atomic mass is 9.89. The molecular formula is C11H19F3N2O3S. The fourth-order valence-corrected chi connectivity index (χ4v) is 2.89. The van der Waals surface area contributed by atoms with Gasteiger partial charge in [0.15, 0.2) is 0 Å². The average molecular weight is 316 g/mol. The number of halogens is 3. The highest BCUT2D eigenvalue weighted by atomic mass is 32.2. The molecule has 1 fully saturated rings. The Morgan fingerprint density at radius 2 is 2.00 bits per heavy atom. The molecular weight excluding hydrogens is 297 g/mol. The number of nitrogens with one attached hydrogen (secondary N) is 1. The molecule has 1 heterocycles. The predicted molar refractivity (Wildman–Crippen MR) is 67.4 cm³/mol. The number of carbonyl (C=O) groups excluding carboxylic acids is 1. The maximum atomic E-state index is 12.8. The number of piperidine rings is 1. The molecule has 0 radical (unpaired) electrons. The first kappa shape index (κ1) is 17.2. The second-order valence-corrected chi connectivity index (χ2v) is 6.87. The molecule has 20 heavy (non-hydrogen) atoms. The fraction of sp³-hybridized carbons (Fsp3) is 0.909. The number of amides is 1. The first-order chi connectivity index (χ1) is 9.02. The zero-order valence-corrected chi connectivity index (χ0v) is 12.2. The van der Waals surface area contributed by atoms with Gasteiger partial charge >= 0.3 is 6.18 Å². The summed E-state index contributed by atoms with van der Waals surface area (Å²) in [4.78, 5) is 13.1. The summed E-state index contributed by atoms with van der Waals surface area (Å²) >= 11 is 0. The standard InChI is InChI=1S/C11H19F3N2O3S/c1-8-9(11(12,13)14)4-3-7-16(8)10(17)5-6-15-20(2,18)19/h8-9,15H,3-7H2,1-2H3. The Hall–Kier alpha value is -0.830. The third kappa shape index (κ3) is 4.93. The Kier molecular flexibility index (Phi) is 5.42. The van der Waals surface area contributed by atoms with Crippen LogP contribution in [0.1, 0.15) is 26.2 Å². The van der Waals surface area contributed by atoms with Crippen LogP contribution in [0.4, 0.5) is 13.2 Å². The summed E-state index contributed by atoms with van der Waals surface area (Å²) in [7, 11) is -3.40. The van der Waals surface area contributed by atoms with Crippen LogP contribution in [0.5, 0.6) is 0 Å². The van der Waals surface area contributed by atoms with Crippen LogP contribution in [-0.2, 0) is 14.8 Å². The number of nitrogens with zero attached hydrogens (tertiary/aromatic N) is 1. The Morgan fingerprint density at radius 3 is 2.50 bits per heavy atom. The third-order valence-corrected chi connectivity index (χ3v) is 4.16. The van der Waals surface area contributed by atoms with Crippen molar-refractivity contribution >= 4 is 15.9 Å². The van der Waals surface area contributed by atoms with E-state index in [-0.39, 0.29) is 25.9 Å². The Bertz CT molecular complexity index is 450. The second-order valence-electron chi connectivity index (χ2n) is 5.03. The van der Waals surface area contributed by atoms with Crippen LogP contribution in [0.3, 0.4) is 0 Å². The van der Waals surface area contributed by atoms with Gasteiger partial charge in [-0.25, -0.2) is 13.1 Å². The van der Waals surface area contributed by atoms with E-state index in [9.17, 15) is 26.4 Å². The quantitative estimate of drug-likeness (QED) is 0.845. The normalized spacial score (nSPS) is 24.8. The van der Waals surface area contributed by atoms with Gasteiger partial charge in [-0.2, -0.15) is 13.2 Å². The van der Waals surface area contributed by atoms with E-state index in [4.69, 9.17) is 0 Å². The van der Waals surface area contributed by atoms with Crippen molar-refractivity contribution in [2.75, 3.05) is 19.3 Å². The summed E-state index contributed by atoms with van der Waals surface area (Å²) in [5.41, 5.74) is 0. The lowest BCUT2D eigenvalue weighted by molar-refractivity contribution is -0.200. The van der Waals surface area contributed by atoms with Crippen LogP contribution in [0.15, 0.2) is 0 Å². The van der Waals surface area contributed by atoms with Crippen LogP contribution in [0.2, 0.25) is 0 Å². The molecule has 1 N–H and O–H groups in total. The number of hydrogen-bond donors (Lipinski definition) is 1. The van der Waals surface area contributed by atoms with E-state index >= 15 is 0 Å². The predicted octanol–water partition coefficient (Wildman–Crippen LogP) is 1.12. The van der Waals surface area contributed by atoms with E-state index in [1.165, 1.54) is 11.8 Å². The zero-order valence-electron chi connectivity index (χ0n) is 11.4. The monoisotopic (exact) mass is 316 g/mol. The molecule has 2 unspecified atom stereocenters. The molecule has 0 bridgehead atoms. The molecule has 0 aromatic heterocycles. The van der Waals surface area contributed by atoms with Gasteiger partial charge in [-0.1, -0.05) is 0 Å². The van der Waals surface area contributed by atoms with Gasteiger partial charge in [0.2, 0.25) is 15.9 Å². The van der Waals surface area contributed by atoms with E-state index in [1.807, 2.05) is 0 Å². The van der Waals surface area contributed by atoms with Crippen molar-refractivity contribution in [1.82, 2.24) is 9.62 Å². The molecule has 1 aliphatic rings. The van der Waals surface area contributed by atoms with Gasteiger partial charge in [-0.3, -0.25) is 4.79 Å². The van der Waals surface area contributed by atoms with Crippen LogP contribution >= 0.6 is 0 Å². The summed E-state index contributed by atoms with van der Waals surface area (Å²) in [6.45, 7) is 1.57. The first-order valence-corrected chi connectivity index (χ1v) is 8.22. The van der Waals surface area contributed by atoms with Gasteiger partial charge in [-0.15, -0.1) is 0 Å². The van der Waals surface area contributed by atoms with Gasteiger partial charge in [0.05, 0.1) is 12.2 Å². The summed E-state index contributed by atoms with van der Waals surface area (Å²) < 4.78 is 62.3. The smallest absolute Gasteiger partial charge is 0.339 e. The van der Waals surface area contributed by atoms with Gasteiger partial charge in [0, 0.05) is 25.6 Å². The molecule has 2 atom stereocenters. The summed E-state index contributed by atoms with van der Waals surface area (Å²) in [5, 5.41) is 0. The lowest BCUT2D eigenvalue weighted by Crippen LogP contribution is -2.51. The number of carbonyl (C=O) groups is 1. The molecule has 1 saturated heterocycles. The lowest BCUT2D eigenvalue weighted by Gasteiger charge is -2.40. The largest absolute Gasteiger partial charge is 0.393 e. The van der Waals surface area contributed by atoms with Crippen molar-refractivity contribution in [2.45, 2.75) is 38.4 Å². The fourth-order valence-electron chi connectivity index (χ4n) is 2.42. The maximum absolute atomic E-state index is 12.8. The Labute approximate surface area is 116 Å². The number of alkyl halides is 3. The van der Waals surface area contributed by atoms with E-state index in [2.05, 4.69) is 4.72 Å². The van der Waals surface area contributed by atoms with Crippen LogP contribution in [0, 0.1) is 5.92 Å². The molecule has 118 valence electrons. The highest BCUT2D eigenvalue weighted by Gasteiger charge is 2.47. The number of likely N-dealkylation sites (tertiary alicyclic amines) is 1. The maximum Gasteiger partial charge on any atom is 0.393 e. The SMILES string of the molecule is CC1C(C(F)(F)F)CCCN1C(=O)CCNS(C)(=O)=O. The van der Waals surface area contributed by atoms with Gasteiger partial charge < -0.3 is 4.90 Å². The third-order valence-electron chi connectivity index (χ3n) is 3.43. The van der Waals surface area contributed by atoms with Gasteiger partial charge in [0.1, 0.15) is 0 Å². The molecule has 9 heteroatoms. The van der Waals surface area contributed by atoms with Gasteiger partial charge in [0.25, 0.3) is 0 Å². The molecule has 0 aromatic rings. The minimum Gasteiger partial charge on any atom is -0.339 e. The number of sulfonamides is 1. The first-order valence-electron chi connectivity index (χ1n) is 6.33. The summed E-state index contributed by atoms with van der Waals surface area (Å²) in [6.07, 6.45) is -3.16. The van der Waals surface area contributed by atoms with Crippen molar-refractivity contribution in [3.8, 4) is 0 Å². The van der Waals surface area contributed by atoms with E-state index < -0.39 is 34.1 Å². The number of hydrogen-bond acceptors (Lipinski definition) is 3. The molecule has 1 aliphatic heterocycles. The molecule has 1 rings (SSSR count). The second kappa shape index (κ2) is 6.30.